The van der Waals surface area contributed by atoms with Crippen LogP contribution in [-0.2, 0) is 13.5 Å². The van der Waals surface area contributed by atoms with Crippen LogP contribution in [0.4, 0.5) is 4.39 Å². The van der Waals surface area contributed by atoms with Gasteiger partial charge in [-0.3, -0.25) is 4.68 Å². The molecule has 0 aliphatic carbocycles. The number of rotatable bonds is 5. The normalized spacial score (nSPS) is 12.6. The van der Waals surface area contributed by atoms with Crippen molar-refractivity contribution in [2.24, 2.45) is 7.05 Å². The number of aryl methyl sites for hydroxylation is 1. The summed E-state index contributed by atoms with van der Waals surface area (Å²) in [5, 5.41) is 11.7. The molecule has 1 atom stereocenters. The van der Waals surface area contributed by atoms with E-state index in [0.29, 0.717) is 11.4 Å². The lowest BCUT2D eigenvalue weighted by Gasteiger charge is -2.18. The number of likely N-dealkylation sites (N-methyl/N-ethyl adjacent to an activating group) is 1. The first-order chi connectivity index (χ1) is 9.10. The first-order valence-corrected chi connectivity index (χ1v) is 6.51. The molecule has 0 aliphatic heterocycles. The molecule has 19 heavy (non-hydrogen) atoms. The molecule has 102 valence electrons. The lowest BCUT2D eigenvalue weighted by molar-refractivity contribution is 0.541. The van der Waals surface area contributed by atoms with E-state index in [1.54, 1.807) is 10.7 Å². The Hall–Kier alpha value is -1.46. The van der Waals surface area contributed by atoms with Crippen molar-refractivity contribution in [1.82, 2.24) is 20.3 Å². The van der Waals surface area contributed by atoms with Gasteiger partial charge in [-0.15, -0.1) is 5.10 Å². The minimum absolute atomic E-state index is 0.00481. The Morgan fingerprint density at radius 2 is 2.26 bits per heavy atom. The maximum Gasteiger partial charge on any atom is 0.124 e. The lowest BCUT2D eigenvalue weighted by Crippen LogP contribution is -2.23. The van der Waals surface area contributed by atoms with Crippen molar-refractivity contribution in [3.63, 3.8) is 0 Å². The third kappa shape index (κ3) is 3.52. The lowest BCUT2D eigenvalue weighted by atomic mass is 10.0. The molecule has 1 aromatic heterocycles. The minimum Gasteiger partial charge on any atom is -0.310 e. The van der Waals surface area contributed by atoms with Crippen molar-refractivity contribution < 1.29 is 4.39 Å². The van der Waals surface area contributed by atoms with Crippen LogP contribution in [0.25, 0.3) is 0 Å². The second kappa shape index (κ2) is 6.12. The molecule has 0 bridgehead atoms. The van der Waals surface area contributed by atoms with Crippen LogP contribution in [-0.4, -0.2) is 21.5 Å². The summed E-state index contributed by atoms with van der Waals surface area (Å²) in [4.78, 5) is 0. The Kier molecular flexibility index (Phi) is 4.50. The summed E-state index contributed by atoms with van der Waals surface area (Å²) in [5.74, 6) is -0.330. The van der Waals surface area contributed by atoms with E-state index < -0.39 is 0 Å². The predicted octanol–water partition coefficient (Wildman–Crippen LogP) is 2.50. The highest BCUT2D eigenvalue weighted by atomic mass is 35.5. The zero-order valence-electron chi connectivity index (χ0n) is 10.9. The smallest absolute Gasteiger partial charge is 0.124 e. The fourth-order valence-electron chi connectivity index (χ4n) is 2.02. The average molecular weight is 283 g/mol. The summed E-state index contributed by atoms with van der Waals surface area (Å²) in [6, 6.07) is 4.45. The monoisotopic (exact) mass is 282 g/mol. The first-order valence-electron chi connectivity index (χ1n) is 6.13. The molecule has 6 heteroatoms. The number of hydrogen-bond acceptors (Lipinski definition) is 3. The number of benzene rings is 1. The van der Waals surface area contributed by atoms with Crippen molar-refractivity contribution >= 4 is 11.6 Å². The highest BCUT2D eigenvalue weighted by molar-refractivity contribution is 6.31. The zero-order valence-corrected chi connectivity index (χ0v) is 11.7. The molecule has 0 fully saturated rings. The van der Waals surface area contributed by atoms with Crippen LogP contribution in [0.2, 0.25) is 5.02 Å². The number of aromatic nitrogens is 3. The summed E-state index contributed by atoms with van der Waals surface area (Å²) in [6.07, 6.45) is 2.52. The minimum atomic E-state index is -0.330. The van der Waals surface area contributed by atoms with Crippen molar-refractivity contribution in [3.8, 4) is 0 Å². The standard InChI is InChI=1S/C13H16ClFN4/c1-3-16-13(7-10-8-19(2)18-17-10)11-5-4-9(15)6-12(11)14/h4-6,8,13,16H,3,7H2,1-2H3. The first kappa shape index (κ1) is 14.0. The number of nitrogens with one attached hydrogen (secondary N) is 1. The van der Waals surface area contributed by atoms with E-state index in [1.807, 2.05) is 20.2 Å². The summed E-state index contributed by atoms with van der Waals surface area (Å²) in [7, 11) is 1.82. The van der Waals surface area contributed by atoms with Gasteiger partial charge in [0.15, 0.2) is 0 Å². The Balaban J connectivity index is 2.23. The van der Waals surface area contributed by atoms with Crippen LogP contribution in [0.1, 0.15) is 24.2 Å². The molecule has 2 aromatic rings. The van der Waals surface area contributed by atoms with Crippen LogP contribution in [0.15, 0.2) is 24.4 Å². The maximum absolute atomic E-state index is 13.1. The largest absolute Gasteiger partial charge is 0.310 e. The van der Waals surface area contributed by atoms with E-state index in [4.69, 9.17) is 11.6 Å². The molecule has 1 heterocycles. The van der Waals surface area contributed by atoms with E-state index in [-0.39, 0.29) is 11.9 Å². The summed E-state index contributed by atoms with van der Waals surface area (Å²) in [5.41, 5.74) is 1.74. The topological polar surface area (TPSA) is 42.7 Å². The SMILES string of the molecule is CCNC(Cc1cn(C)nn1)c1ccc(F)cc1Cl. The van der Waals surface area contributed by atoms with Crippen molar-refractivity contribution in [2.45, 2.75) is 19.4 Å². The van der Waals surface area contributed by atoms with Gasteiger partial charge in [0.05, 0.1) is 5.69 Å². The Labute approximate surface area is 116 Å². The van der Waals surface area contributed by atoms with Crippen LogP contribution < -0.4 is 5.32 Å². The van der Waals surface area contributed by atoms with Gasteiger partial charge in [-0.25, -0.2) is 4.39 Å². The fourth-order valence-corrected chi connectivity index (χ4v) is 2.32. The molecule has 0 saturated heterocycles. The van der Waals surface area contributed by atoms with Gasteiger partial charge < -0.3 is 5.32 Å². The van der Waals surface area contributed by atoms with Gasteiger partial charge in [0.25, 0.3) is 0 Å². The molecular weight excluding hydrogens is 267 g/mol. The van der Waals surface area contributed by atoms with Gasteiger partial charge in [-0.05, 0) is 24.2 Å². The third-order valence-corrected chi connectivity index (χ3v) is 3.18. The van der Waals surface area contributed by atoms with Gasteiger partial charge in [0.1, 0.15) is 5.82 Å². The second-order valence-corrected chi connectivity index (χ2v) is 4.77. The highest BCUT2D eigenvalue weighted by Gasteiger charge is 2.16. The van der Waals surface area contributed by atoms with Crippen LogP contribution >= 0.6 is 11.6 Å². The molecular formula is C13H16ClFN4. The van der Waals surface area contributed by atoms with E-state index in [1.165, 1.54) is 12.1 Å². The molecule has 1 unspecified atom stereocenters. The molecule has 4 nitrogen and oxygen atoms in total. The molecule has 0 spiro atoms. The number of hydrogen-bond donors (Lipinski definition) is 1. The summed E-state index contributed by atoms with van der Waals surface area (Å²) in [6.45, 7) is 2.81. The van der Waals surface area contributed by atoms with Gasteiger partial charge in [-0.2, -0.15) is 0 Å². The number of halogens is 2. The van der Waals surface area contributed by atoms with Crippen LogP contribution in [0.5, 0.6) is 0 Å². The fraction of sp³-hybridized carbons (Fsp3) is 0.385. The summed E-state index contributed by atoms with van der Waals surface area (Å²) >= 11 is 6.11. The van der Waals surface area contributed by atoms with Crippen LogP contribution in [0, 0.1) is 5.82 Å². The Morgan fingerprint density at radius 1 is 1.47 bits per heavy atom. The number of nitrogens with zero attached hydrogens (tertiary/aromatic N) is 3. The molecule has 0 amide bonds. The average Bonchev–Trinajstić information content (AvgIpc) is 2.74. The summed E-state index contributed by atoms with van der Waals surface area (Å²) < 4.78 is 14.8. The quantitative estimate of drug-likeness (QED) is 0.916. The van der Waals surface area contributed by atoms with Gasteiger partial charge in [-0.1, -0.05) is 29.8 Å². The third-order valence-electron chi connectivity index (χ3n) is 2.85. The maximum atomic E-state index is 13.1. The predicted molar refractivity (Wildman–Crippen MR) is 72.5 cm³/mol. The molecule has 1 aromatic carbocycles. The van der Waals surface area contributed by atoms with Crippen molar-refractivity contribution in [3.05, 3.63) is 46.5 Å². The van der Waals surface area contributed by atoms with E-state index in [0.717, 1.165) is 17.8 Å². The zero-order chi connectivity index (χ0) is 13.8. The van der Waals surface area contributed by atoms with Gasteiger partial charge in [0.2, 0.25) is 0 Å². The molecule has 0 aliphatic rings. The Bertz CT molecular complexity index is 555. The van der Waals surface area contributed by atoms with Crippen molar-refractivity contribution in [2.75, 3.05) is 6.54 Å². The molecule has 1 N–H and O–H groups in total. The van der Waals surface area contributed by atoms with Crippen molar-refractivity contribution in [1.29, 1.82) is 0 Å². The molecule has 0 radical (unpaired) electrons. The highest BCUT2D eigenvalue weighted by Crippen LogP contribution is 2.26. The van der Waals surface area contributed by atoms with E-state index in [2.05, 4.69) is 15.6 Å². The second-order valence-electron chi connectivity index (χ2n) is 4.36. The van der Waals surface area contributed by atoms with E-state index >= 15 is 0 Å². The van der Waals surface area contributed by atoms with Gasteiger partial charge in [0, 0.05) is 30.7 Å². The van der Waals surface area contributed by atoms with Gasteiger partial charge >= 0.3 is 0 Å². The van der Waals surface area contributed by atoms with E-state index in [9.17, 15) is 4.39 Å². The molecule has 2 rings (SSSR count). The molecule has 0 saturated carbocycles. The Morgan fingerprint density at radius 3 is 2.84 bits per heavy atom. The van der Waals surface area contributed by atoms with Crippen LogP contribution in [0.3, 0.4) is 0 Å².